The van der Waals surface area contributed by atoms with Gasteiger partial charge in [0.1, 0.15) is 4.90 Å². The van der Waals surface area contributed by atoms with Gasteiger partial charge < -0.3 is 10.1 Å². The summed E-state index contributed by atoms with van der Waals surface area (Å²) in [7, 11) is -3.81. The third-order valence-corrected chi connectivity index (χ3v) is 7.09. The Hall–Kier alpha value is -1.64. The number of amides is 1. The molecule has 3 rings (SSSR count). The highest BCUT2D eigenvalue weighted by Gasteiger charge is 2.29. The van der Waals surface area contributed by atoms with Crippen LogP contribution in [0, 0.1) is 0 Å². The number of benzene rings is 2. The molecule has 1 aliphatic rings. The molecule has 1 N–H and O–H groups in total. The van der Waals surface area contributed by atoms with Crippen molar-refractivity contribution >= 4 is 39.1 Å². The first-order valence-corrected chi connectivity index (χ1v) is 10.9. The molecule has 28 heavy (non-hydrogen) atoms. The van der Waals surface area contributed by atoms with E-state index >= 15 is 0 Å². The van der Waals surface area contributed by atoms with Crippen LogP contribution in [-0.4, -0.2) is 44.9 Å². The van der Waals surface area contributed by atoms with Gasteiger partial charge in [0, 0.05) is 23.7 Å². The minimum Gasteiger partial charge on any atom is -0.379 e. The number of rotatable bonds is 5. The molecular formula is C19H20Cl2N2O4S. The second-order valence-corrected chi connectivity index (χ2v) is 9.16. The van der Waals surface area contributed by atoms with E-state index in [1.165, 1.54) is 22.5 Å². The molecule has 1 atom stereocenters. The Balaban J connectivity index is 1.83. The predicted octanol–water partition coefficient (Wildman–Crippen LogP) is 3.51. The third-order valence-electron chi connectivity index (χ3n) is 4.48. The second-order valence-electron chi connectivity index (χ2n) is 6.41. The Morgan fingerprint density at radius 3 is 2.54 bits per heavy atom. The van der Waals surface area contributed by atoms with Gasteiger partial charge in [0.05, 0.1) is 24.3 Å². The van der Waals surface area contributed by atoms with Crippen molar-refractivity contribution < 1.29 is 17.9 Å². The lowest BCUT2D eigenvalue weighted by Crippen LogP contribution is -2.40. The average molecular weight is 443 g/mol. The Morgan fingerprint density at radius 1 is 1.14 bits per heavy atom. The van der Waals surface area contributed by atoms with Gasteiger partial charge in [-0.25, -0.2) is 8.42 Å². The van der Waals surface area contributed by atoms with Crippen LogP contribution in [0.4, 0.5) is 0 Å². The van der Waals surface area contributed by atoms with Gasteiger partial charge in [-0.1, -0.05) is 35.3 Å². The van der Waals surface area contributed by atoms with Gasteiger partial charge in [-0.15, -0.1) is 0 Å². The van der Waals surface area contributed by atoms with Crippen LogP contribution in [0.25, 0.3) is 0 Å². The predicted molar refractivity (Wildman–Crippen MR) is 108 cm³/mol. The van der Waals surface area contributed by atoms with Crippen molar-refractivity contribution in [3.63, 3.8) is 0 Å². The van der Waals surface area contributed by atoms with Crippen molar-refractivity contribution in [2.24, 2.45) is 0 Å². The Morgan fingerprint density at radius 2 is 1.86 bits per heavy atom. The largest absolute Gasteiger partial charge is 0.379 e. The van der Waals surface area contributed by atoms with Gasteiger partial charge in [0.15, 0.2) is 0 Å². The number of nitrogens with zero attached hydrogens (tertiary/aromatic N) is 1. The topological polar surface area (TPSA) is 75.7 Å². The number of sulfonamides is 1. The molecule has 1 fully saturated rings. The average Bonchev–Trinajstić information content (AvgIpc) is 2.68. The zero-order chi connectivity index (χ0) is 20.3. The quantitative estimate of drug-likeness (QED) is 0.768. The van der Waals surface area contributed by atoms with Gasteiger partial charge in [0.2, 0.25) is 10.0 Å². The summed E-state index contributed by atoms with van der Waals surface area (Å²) in [4.78, 5) is 12.6. The lowest BCUT2D eigenvalue weighted by atomic mass is 10.1. The van der Waals surface area contributed by atoms with Crippen molar-refractivity contribution in [1.82, 2.24) is 9.62 Å². The van der Waals surface area contributed by atoms with Crippen LogP contribution >= 0.6 is 23.2 Å². The minimum absolute atomic E-state index is 0.0749. The first-order chi connectivity index (χ1) is 13.3. The van der Waals surface area contributed by atoms with E-state index in [0.717, 1.165) is 5.56 Å². The number of nitrogens with one attached hydrogen (secondary N) is 1. The normalized spacial score (nSPS) is 16.5. The van der Waals surface area contributed by atoms with E-state index in [-0.39, 0.29) is 34.6 Å². The summed E-state index contributed by atoms with van der Waals surface area (Å²) >= 11 is 12.1. The molecule has 0 saturated carbocycles. The zero-order valence-corrected chi connectivity index (χ0v) is 17.5. The Kier molecular flexibility index (Phi) is 6.62. The van der Waals surface area contributed by atoms with Gasteiger partial charge >= 0.3 is 0 Å². The number of carbonyl (C=O) groups excluding carboxylic acids is 1. The van der Waals surface area contributed by atoms with Crippen molar-refractivity contribution in [2.45, 2.75) is 17.9 Å². The molecule has 0 bridgehead atoms. The molecule has 0 unspecified atom stereocenters. The van der Waals surface area contributed by atoms with Crippen molar-refractivity contribution in [1.29, 1.82) is 0 Å². The fourth-order valence-electron chi connectivity index (χ4n) is 2.91. The second kappa shape index (κ2) is 8.80. The highest BCUT2D eigenvalue weighted by molar-refractivity contribution is 7.89. The molecule has 0 spiro atoms. The number of carbonyl (C=O) groups is 1. The van der Waals surface area contributed by atoms with E-state index in [2.05, 4.69) is 5.32 Å². The van der Waals surface area contributed by atoms with Crippen LogP contribution in [0.2, 0.25) is 10.0 Å². The lowest BCUT2D eigenvalue weighted by molar-refractivity contribution is 0.0730. The maximum atomic E-state index is 12.9. The number of morpholine rings is 1. The van der Waals surface area contributed by atoms with E-state index in [9.17, 15) is 13.2 Å². The number of halogens is 2. The lowest BCUT2D eigenvalue weighted by Gasteiger charge is -2.26. The molecule has 0 aliphatic carbocycles. The van der Waals surface area contributed by atoms with Gasteiger partial charge in [-0.05, 0) is 42.8 Å². The summed E-state index contributed by atoms with van der Waals surface area (Å²) in [5, 5.41) is 3.50. The van der Waals surface area contributed by atoms with E-state index < -0.39 is 15.9 Å². The SMILES string of the molecule is C[C@@H](NC(=O)c1ccc(Cl)c(S(=O)(=O)N2CCOCC2)c1)c1cccc(Cl)c1. The smallest absolute Gasteiger partial charge is 0.251 e. The van der Waals surface area contributed by atoms with Gasteiger partial charge in [0.25, 0.3) is 5.91 Å². The molecule has 1 heterocycles. The van der Waals surface area contributed by atoms with Crippen LogP contribution in [0.3, 0.4) is 0 Å². The van der Waals surface area contributed by atoms with Gasteiger partial charge in [-0.3, -0.25) is 4.79 Å². The summed E-state index contributed by atoms with van der Waals surface area (Å²) in [6.45, 7) is 2.98. The summed E-state index contributed by atoms with van der Waals surface area (Å²) < 4.78 is 32.3. The van der Waals surface area contributed by atoms with Crippen molar-refractivity contribution in [3.05, 3.63) is 63.6 Å². The van der Waals surface area contributed by atoms with Crippen molar-refractivity contribution in [2.75, 3.05) is 26.3 Å². The van der Waals surface area contributed by atoms with E-state index in [0.29, 0.717) is 18.2 Å². The number of ether oxygens (including phenoxy) is 1. The maximum absolute atomic E-state index is 12.9. The molecular weight excluding hydrogens is 423 g/mol. The van der Waals surface area contributed by atoms with Gasteiger partial charge in [-0.2, -0.15) is 4.31 Å². The molecule has 9 heteroatoms. The highest BCUT2D eigenvalue weighted by Crippen LogP contribution is 2.27. The van der Waals surface area contributed by atoms with E-state index in [1.807, 2.05) is 13.0 Å². The first-order valence-electron chi connectivity index (χ1n) is 8.73. The summed E-state index contributed by atoms with van der Waals surface area (Å²) in [6, 6.07) is 11.1. The first kappa shape index (κ1) is 21.1. The molecule has 6 nitrogen and oxygen atoms in total. The highest BCUT2D eigenvalue weighted by atomic mass is 35.5. The minimum atomic E-state index is -3.81. The van der Waals surface area contributed by atoms with E-state index in [1.54, 1.807) is 18.2 Å². The molecule has 2 aromatic carbocycles. The summed E-state index contributed by atoms with van der Waals surface area (Å²) in [6.07, 6.45) is 0. The molecule has 1 amide bonds. The fourth-order valence-corrected chi connectivity index (χ4v) is 5.01. The van der Waals surface area contributed by atoms with Crippen molar-refractivity contribution in [3.8, 4) is 0 Å². The van der Waals surface area contributed by atoms with Crippen LogP contribution in [-0.2, 0) is 14.8 Å². The molecule has 1 aliphatic heterocycles. The third kappa shape index (κ3) is 4.67. The zero-order valence-electron chi connectivity index (χ0n) is 15.2. The maximum Gasteiger partial charge on any atom is 0.251 e. The standard InChI is InChI=1S/C19H20Cl2N2O4S/c1-13(14-3-2-4-16(20)11-14)22-19(24)15-5-6-17(21)18(12-15)28(25,26)23-7-9-27-10-8-23/h2-6,11-13H,7-10H2,1H3,(H,22,24)/t13-/m1/s1. The monoisotopic (exact) mass is 442 g/mol. The summed E-state index contributed by atoms with van der Waals surface area (Å²) in [5.74, 6) is -0.400. The molecule has 2 aromatic rings. The molecule has 0 aromatic heterocycles. The van der Waals surface area contributed by atoms with Crippen LogP contribution in [0.15, 0.2) is 47.4 Å². The fraction of sp³-hybridized carbons (Fsp3) is 0.316. The van der Waals surface area contributed by atoms with E-state index in [4.69, 9.17) is 27.9 Å². The van der Waals surface area contributed by atoms with Crippen LogP contribution in [0.5, 0.6) is 0 Å². The Labute approximate surface area is 174 Å². The molecule has 0 radical (unpaired) electrons. The summed E-state index contributed by atoms with van der Waals surface area (Å²) in [5.41, 5.74) is 1.06. The Bertz CT molecular complexity index is 976. The van der Waals surface area contributed by atoms with Crippen LogP contribution in [0.1, 0.15) is 28.9 Å². The van der Waals surface area contributed by atoms with Crippen LogP contribution < -0.4 is 5.32 Å². The number of hydrogen-bond acceptors (Lipinski definition) is 4. The number of hydrogen-bond donors (Lipinski definition) is 1. The molecule has 150 valence electrons. The molecule has 1 saturated heterocycles.